The van der Waals surface area contributed by atoms with E-state index in [9.17, 15) is 20.0 Å². The van der Waals surface area contributed by atoms with Gasteiger partial charge >= 0.3 is 0 Å². The molecule has 1 amide bonds. The van der Waals surface area contributed by atoms with Gasteiger partial charge < -0.3 is 24.5 Å². The molecule has 0 saturated carbocycles. The first kappa shape index (κ1) is 25.1. The van der Waals surface area contributed by atoms with Gasteiger partial charge in [-0.2, -0.15) is 0 Å². The van der Waals surface area contributed by atoms with Crippen molar-refractivity contribution in [2.24, 2.45) is 0 Å². The van der Waals surface area contributed by atoms with Crippen molar-refractivity contribution < 1.29 is 24.0 Å². The monoisotopic (exact) mass is 533 g/mol. The molecular formula is C26H23N5O6S. The third-order valence-corrected chi connectivity index (χ3v) is 6.25. The normalized spacial score (nSPS) is 13.3. The number of ether oxygens (including phenoxy) is 1. The number of phenols is 1. The third-order valence-electron chi connectivity index (χ3n) is 6.04. The number of aryl methyl sites for hydroxylation is 1. The number of amides is 1. The minimum absolute atomic E-state index is 0.0280. The molecule has 4 aromatic rings. The molecule has 3 aromatic carbocycles. The molecule has 0 spiro atoms. The number of anilines is 2. The Labute approximate surface area is 222 Å². The maximum absolute atomic E-state index is 12.8. The number of nitro benzene ring substituents is 1. The fraction of sp³-hybridized carbons (Fsp3) is 0.192. The molecule has 2 heterocycles. The molecule has 11 nitrogen and oxygen atoms in total. The molecule has 12 heteroatoms. The molecule has 3 N–H and O–H groups in total. The van der Waals surface area contributed by atoms with Gasteiger partial charge in [0.25, 0.3) is 11.6 Å². The van der Waals surface area contributed by atoms with Gasteiger partial charge in [-0.1, -0.05) is 6.07 Å². The Kier molecular flexibility index (Phi) is 6.90. The van der Waals surface area contributed by atoms with Gasteiger partial charge in [0.15, 0.2) is 10.7 Å². The molecule has 0 unspecified atom stereocenters. The number of aromatic hydroxyl groups is 1. The molecule has 1 aliphatic heterocycles. The second-order valence-electron chi connectivity index (χ2n) is 8.69. The van der Waals surface area contributed by atoms with Crippen LogP contribution in [0.1, 0.15) is 15.9 Å². The second-order valence-corrected chi connectivity index (χ2v) is 9.10. The van der Waals surface area contributed by atoms with Crippen molar-refractivity contribution in [1.82, 2.24) is 10.3 Å². The molecule has 1 aliphatic rings. The maximum atomic E-state index is 12.8. The Morgan fingerprint density at radius 2 is 1.92 bits per heavy atom. The van der Waals surface area contributed by atoms with E-state index in [1.54, 1.807) is 18.2 Å². The largest absolute Gasteiger partial charge is 0.507 e. The molecule has 1 aromatic heterocycles. The minimum Gasteiger partial charge on any atom is -0.507 e. The Balaban J connectivity index is 1.31. The number of carbonyl (C=O) groups is 1. The van der Waals surface area contributed by atoms with Crippen LogP contribution in [-0.4, -0.2) is 52.3 Å². The minimum atomic E-state index is -0.604. The number of nitro groups is 1. The standard InChI is InChI=1S/C26H23N5O6S/c1-15-2-5-19-23(12-15)37-25(28-19)18-14-17(4-7-22(18)32)27-26(38)29-24(33)16-3-6-20(21(13-16)31(34)35)30-8-10-36-11-9-30/h2-7,12-14,32H,8-11H2,1H3,(H2,27,29,33,38). The maximum Gasteiger partial charge on any atom is 0.293 e. The van der Waals surface area contributed by atoms with Crippen LogP contribution in [0.5, 0.6) is 5.75 Å². The molecule has 38 heavy (non-hydrogen) atoms. The number of rotatable bonds is 5. The first-order chi connectivity index (χ1) is 18.3. The van der Waals surface area contributed by atoms with E-state index in [2.05, 4.69) is 15.6 Å². The van der Waals surface area contributed by atoms with Crippen LogP contribution in [0, 0.1) is 17.0 Å². The summed E-state index contributed by atoms with van der Waals surface area (Å²) in [4.78, 5) is 30.3. The van der Waals surface area contributed by atoms with E-state index in [4.69, 9.17) is 21.4 Å². The zero-order valence-corrected chi connectivity index (χ0v) is 21.1. The number of nitrogens with one attached hydrogen (secondary N) is 2. The predicted octanol–water partition coefficient (Wildman–Crippen LogP) is 4.38. The summed E-state index contributed by atoms with van der Waals surface area (Å²) in [6.45, 7) is 3.95. The van der Waals surface area contributed by atoms with Crippen molar-refractivity contribution in [3.63, 3.8) is 0 Å². The molecule has 1 saturated heterocycles. The SMILES string of the molecule is Cc1ccc2nc(-c3cc(NC(=S)NC(=O)c4ccc(N5CCOCC5)c([N+](=O)[O-])c4)ccc3O)oc2c1. The summed E-state index contributed by atoms with van der Waals surface area (Å²) in [6, 6.07) is 14.5. The number of oxazole rings is 1. The van der Waals surface area contributed by atoms with Gasteiger partial charge in [0, 0.05) is 30.4 Å². The summed E-state index contributed by atoms with van der Waals surface area (Å²) in [6.07, 6.45) is 0. The summed E-state index contributed by atoms with van der Waals surface area (Å²) >= 11 is 5.28. The molecule has 194 valence electrons. The third kappa shape index (κ3) is 5.26. The summed E-state index contributed by atoms with van der Waals surface area (Å²) in [5.41, 5.74) is 3.42. The number of thiocarbonyl (C=S) groups is 1. The van der Waals surface area contributed by atoms with E-state index in [0.717, 1.165) is 5.56 Å². The van der Waals surface area contributed by atoms with Crippen LogP contribution in [-0.2, 0) is 4.74 Å². The van der Waals surface area contributed by atoms with E-state index >= 15 is 0 Å². The van der Waals surface area contributed by atoms with E-state index in [1.807, 2.05) is 30.0 Å². The number of morpholine rings is 1. The van der Waals surface area contributed by atoms with E-state index < -0.39 is 10.8 Å². The van der Waals surface area contributed by atoms with Gasteiger partial charge in [-0.25, -0.2) is 4.98 Å². The van der Waals surface area contributed by atoms with Gasteiger partial charge in [-0.3, -0.25) is 20.2 Å². The Bertz CT molecular complexity index is 1560. The highest BCUT2D eigenvalue weighted by Gasteiger charge is 2.24. The molecule has 0 atom stereocenters. The van der Waals surface area contributed by atoms with Gasteiger partial charge in [-0.05, 0) is 67.2 Å². The smallest absolute Gasteiger partial charge is 0.293 e. The number of nitrogens with zero attached hydrogens (tertiary/aromatic N) is 3. The number of carbonyl (C=O) groups excluding carboxylic acids is 1. The summed E-state index contributed by atoms with van der Waals surface area (Å²) in [5, 5.41) is 27.5. The highest BCUT2D eigenvalue weighted by Crippen LogP contribution is 2.34. The first-order valence-electron chi connectivity index (χ1n) is 11.7. The van der Waals surface area contributed by atoms with Crippen LogP contribution < -0.4 is 15.5 Å². The van der Waals surface area contributed by atoms with Crippen LogP contribution in [0.15, 0.2) is 59.0 Å². The average molecular weight is 534 g/mol. The van der Waals surface area contributed by atoms with Crippen molar-refractivity contribution in [2.75, 3.05) is 36.5 Å². The predicted molar refractivity (Wildman–Crippen MR) is 146 cm³/mol. The lowest BCUT2D eigenvalue weighted by atomic mass is 10.1. The lowest BCUT2D eigenvalue weighted by Gasteiger charge is -2.28. The fourth-order valence-electron chi connectivity index (χ4n) is 4.15. The van der Waals surface area contributed by atoms with Crippen LogP contribution in [0.4, 0.5) is 17.1 Å². The molecule has 0 bridgehead atoms. The lowest BCUT2D eigenvalue weighted by Crippen LogP contribution is -2.37. The quantitative estimate of drug-likeness (QED) is 0.146. The zero-order chi connectivity index (χ0) is 26.8. The molecule has 0 aliphatic carbocycles. The second kappa shape index (κ2) is 10.4. The van der Waals surface area contributed by atoms with Crippen molar-refractivity contribution in [3.05, 3.63) is 75.8 Å². The number of phenolic OH excluding ortho intramolecular Hbond substituents is 1. The van der Waals surface area contributed by atoms with Gasteiger partial charge in [-0.15, -0.1) is 0 Å². The number of hydrogen-bond acceptors (Lipinski definition) is 9. The number of benzene rings is 3. The highest BCUT2D eigenvalue weighted by atomic mass is 32.1. The van der Waals surface area contributed by atoms with E-state index in [-0.39, 0.29) is 28.0 Å². The molecule has 0 radical (unpaired) electrons. The Morgan fingerprint density at radius 1 is 1.13 bits per heavy atom. The summed E-state index contributed by atoms with van der Waals surface area (Å²) < 4.78 is 11.1. The van der Waals surface area contributed by atoms with Crippen molar-refractivity contribution in [3.8, 4) is 17.2 Å². The summed E-state index contributed by atoms with van der Waals surface area (Å²) in [5.74, 6) is -0.414. The van der Waals surface area contributed by atoms with Crippen molar-refractivity contribution in [1.29, 1.82) is 0 Å². The first-order valence-corrected chi connectivity index (χ1v) is 12.1. The van der Waals surface area contributed by atoms with Crippen LogP contribution in [0.2, 0.25) is 0 Å². The van der Waals surface area contributed by atoms with Crippen LogP contribution in [0.3, 0.4) is 0 Å². The van der Waals surface area contributed by atoms with E-state index in [1.165, 1.54) is 18.2 Å². The number of aromatic nitrogens is 1. The van der Waals surface area contributed by atoms with Crippen molar-refractivity contribution in [2.45, 2.75) is 6.92 Å². The van der Waals surface area contributed by atoms with Gasteiger partial charge in [0.1, 0.15) is 17.0 Å². The molecule has 5 rings (SSSR count). The van der Waals surface area contributed by atoms with Crippen LogP contribution >= 0.6 is 12.2 Å². The summed E-state index contributed by atoms with van der Waals surface area (Å²) in [7, 11) is 0. The van der Waals surface area contributed by atoms with E-state index in [0.29, 0.717) is 54.3 Å². The van der Waals surface area contributed by atoms with Crippen molar-refractivity contribution >= 4 is 51.4 Å². The number of hydrogen-bond donors (Lipinski definition) is 3. The molecule has 1 fully saturated rings. The molecular weight excluding hydrogens is 510 g/mol. The Morgan fingerprint density at radius 3 is 2.68 bits per heavy atom. The van der Waals surface area contributed by atoms with Gasteiger partial charge in [0.05, 0.1) is 23.7 Å². The fourth-order valence-corrected chi connectivity index (χ4v) is 4.36. The average Bonchev–Trinajstić information content (AvgIpc) is 3.32. The Hall–Kier alpha value is -4.55. The topological polar surface area (TPSA) is 143 Å². The highest BCUT2D eigenvalue weighted by molar-refractivity contribution is 7.80. The van der Waals surface area contributed by atoms with Gasteiger partial charge in [0.2, 0.25) is 5.89 Å². The van der Waals surface area contributed by atoms with Crippen LogP contribution in [0.25, 0.3) is 22.6 Å². The number of fused-ring (bicyclic) bond motifs is 1. The zero-order valence-electron chi connectivity index (χ0n) is 20.3. The lowest BCUT2D eigenvalue weighted by molar-refractivity contribution is -0.384.